The average Bonchev–Trinajstić information content (AvgIpc) is 3.04. The fourth-order valence-corrected chi connectivity index (χ4v) is 2.57. The van der Waals surface area contributed by atoms with Crippen LogP contribution in [0.5, 0.6) is 0 Å². The molecule has 0 aliphatic carbocycles. The molecule has 1 unspecified atom stereocenters. The van der Waals surface area contributed by atoms with Crippen molar-refractivity contribution in [1.82, 2.24) is 10.6 Å². The van der Waals surface area contributed by atoms with Crippen molar-refractivity contribution in [2.75, 3.05) is 65.2 Å². The van der Waals surface area contributed by atoms with E-state index < -0.39 is 9.84 Å². The van der Waals surface area contributed by atoms with Crippen LogP contribution in [-0.4, -0.2) is 85.7 Å². The molecule has 0 aromatic carbocycles. The number of guanidine groups is 1. The van der Waals surface area contributed by atoms with Crippen LogP contribution in [0.25, 0.3) is 0 Å². The molecule has 1 fully saturated rings. The van der Waals surface area contributed by atoms with E-state index in [4.69, 9.17) is 14.2 Å². The van der Waals surface area contributed by atoms with Crippen molar-refractivity contribution in [3.63, 3.8) is 0 Å². The van der Waals surface area contributed by atoms with Crippen LogP contribution in [0.4, 0.5) is 0 Å². The predicted octanol–water partition coefficient (Wildman–Crippen LogP) is 0.416. The Hall–Kier alpha value is -0.170. The molecular formula is C15H32IN3O5S. The highest BCUT2D eigenvalue weighted by molar-refractivity contribution is 14.0. The number of aliphatic imine (C=N–C) groups is 1. The lowest BCUT2D eigenvalue weighted by Gasteiger charge is -2.13. The summed E-state index contributed by atoms with van der Waals surface area (Å²) in [5.74, 6) is 0.743. The molecule has 0 bridgehead atoms. The summed E-state index contributed by atoms with van der Waals surface area (Å²) in [5.41, 5.74) is 0. The first-order valence-electron chi connectivity index (χ1n) is 8.40. The minimum atomic E-state index is -2.96. The number of hydrogen-bond acceptors (Lipinski definition) is 6. The zero-order valence-electron chi connectivity index (χ0n) is 15.2. The van der Waals surface area contributed by atoms with Crippen LogP contribution in [0.3, 0.4) is 0 Å². The normalized spacial score (nSPS) is 18.0. The molecule has 0 saturated carbocycles. The summed E-state index contributed by atoms with van der Waals surface area (Å²) in [4.78, 5) is 4.11. The molecule has 0 aromatic heterocycles. The molecule has 8 nitrogen and oxygen atoms in total. The molecule has 1 rings (SSSR count). The second-order valence-electron chi connectivity index (χ2n) is 5.73. The van der Waals surface area contributed by atoms with Crippen LogP contribution < -0.4 is 10.6 Å². The molecule has 1 aliphatic heterocycles. The van der Waals surface area contributed by atoms with Crippen LogP contribution in [0.15, 0.2) is 4.99 Å². The van der Waals surface area contributed by atoms with Crippen LogP contribution in [-0.2, 0) is 24.0 Å². The van der Waals surface area contributed by atoms with E-state index in [-0.39, 0.29) is 42.4 Å². The van der Waals surface area contributed by atoms with E-state index in [1.807, 2.05) is 0 Å². The Morgan fingerprint density at radius 2 is 1.96 bits per heavy atom. The summed E-state index contributed by atoms with van der Waals surface area (Å²) in [5, 5.41) is 6.30. The standard InChI is InChI=1S/C15H31N3O5S.HI/c1-16-15(18-7-10-21-11-12-24(2,19)20)17-6-4-8-22-13-14-5-3-9-23-14;/h14H,3-13H2,1-2H3,(H2,16,17,18);1H. The van der Waals surface area contributed by atoms with Gasteiger partial charge < -0.3 is 24.8 Å². The Balaban J connectivity index is 0.00000576. The number of nitrogens with zero attached hydrogens (tertiary/aromatic N) is 1. The van der Waals surface area contributed by atoms with Gasteiger partial charge in [-0.15, -0.1) is 24.0 Å². The lowest BCUT2D eigenvalue weighted by Crippen LogP contribution is -2.39. The van der Waals surface area contributed by atoms with Gasteiger partial charge in [0.2, 0.25) is 0 Å². The highest BCUT2D eigenvalue weighted by Crippen LogP contribution is 2.11. The molecule has 1 heterocycles. The van der Waals surface area contributed by atoms with Gasteiger partial charge in [0.15, 0.2) is 5.96 Å². The molecule has 1 aliphatic rings. The smallest absolute Gasteiger partial charge is 0.191 e. The highest BCUT2D eigenvalue weighted by Gasteiger charge is 2.14. The largest absolute Gasteiger partial charge is 0.379 e. The van der Waals surface area contributed by atoms with Gasteiger partial charge in [0.1, 0.15) is 9.84 Å². The zero-order chi connectivity index (χ0) is 17.7. The van der Waals surface area contributed by atoms with Gasteiger partial charge in [-0.1, -0.05) is 0 Å². The van der Waals surface area contributed by atoms with Gasteiger partial charge in [-0.2, -0.15) is 0 Å². The number of sulfone groups is 1. The first-order valence-corrected chi connectivity index (χ1v) is 10.5. The van der Waals surface area contributed by atoms with Crippen LogP contribution in [0.1, 0.15) is 19.3 Å². The van der Waals surface area contributed by atoms with Crippen LogP contribution in [0.2, 0.25) is 0 Å². The fourth-order valence-electron chi connectivity index (χ4n) is 2.15. The number of nitrogens with one attached hydrogen (secondary N) is 2. The number of ether oxygens (including phenoxy) is 3. The van der Waals surface area contributed by atoms with E-state index in [0.29, 0.717) is 32.3 Å². The van der Waals surface area contributed by atoms with Gasteiger partial charge >= 0.3 is 0 Å². The molecule has 25 heavy (non-hydrogen) atoms. The van der Waals surface area contributed by atoms with E-state index in [1.54, 1.807) is 7.05 Å². The SMILES string of the molecule is CN=C(NCCCOCC1CCCO1)NCCOCCS(C)(=O)=O.I. The van der Waals surface area contributed by atoms with Gasteiger partial charge in [0, 0.05) is 39.6 Å². The summed E-state index contributed by atoms with van der Waals surface area (Å²) >= 11 is 0. The molecule has 0 aromatic rings. The summed E-state index contributed by atoms with van der Waals surface area (Å²) < 4.78 is 38.2. The van der Waals surface area contributed by atoms with E-state index in [1.165, 1.54) is 6.26 Å². The Morgan fingerprint density at radius 1 is 1.20 bits per heavy atom. The molecule has 0 spiro atoms. The summed E-state index contributed by atoms with van der Waals surface area (Å²) in [6.45, 7) is 4.21. The van der Waals surface area contributed by atoms with E-state index in [9.17, 15) is 8.42 Å². The van der Waals surface area contributed by atoms with Gasteiger partial charge in [-0.05, 0) is 19.3 Å². The summed E-state index contributed by atoms with van der Waals surface area (Å²) in [6.07, 6.45) is 4.59. The molecule has 150 valence electrons. The maximum absolute atomic E-state index is 10.9. The zero-order valence-corrected chi connectivity index (χ0v) is 18.3. The Kier molecular flexibility index (Phi) is 14.8. The summed E-state index contributed by atoms with van der Waals surface area (Å²) in [6, 6.07) is 0. The maximum atomic E-state index is 10.9. The maximum Gasteiger partial charge on any atom is 0.191 e. The molecular weight excluding hydrogens is 461 g/mol. The third-order valence-corrected chi connectivity index (χ3v) is 4.35. The fraction of sp³-hybridized carbons (Fsp3) is 0.933. The third-order valence-electron chi connectivity index (χ3n) is 3.45. The monoisotopic (exact) mass is 493 g/mol. The second kappa shape index (κ2) is 14.9. The number of halogens is 1. The topological polar surface area (TPSA) is 98.2 Å². The van der Waals surface area contributed by atoms with Crippen LogP contribution in [0, 0.1) is 0 Å². The highest BCUT2D eigenvalue weighted by atomic mass is 127. The minimum absolute atomic E-state index is 0. The van der Waals surface area contributed by atoms with Gasteiger partial charge in [-0.3, -0.25) is 4.99 Å². The van der Waals surface area contributed by atoms with Crippen molar-refractivity contribution in [2.45, 2.75) is 25.4 Å². The van der Waals surface area contributed by atoms with E-state index in [0.717, 1.165) is 32.4 Å². The first-order chi connectivity index (χ1) is 11.5. The van der Waals surface area contributed by atoms with Crippen molar-refractivity contribution in [1.29, 1.82) is 0 Å². The first kappa shape index (κ1) is 24.8. The van der Waals surface area contributed by atoms with Crippen molar-refractivity contribution < 1.29 is 22.6 Å². The Labute approximate surface area is 168 Å². The van der Waals surface area contributed by atoms with Gasteiger partial charge in [0.05, 0.1) is 31.7 Å². The molecule has 1 atom stereocenters. The van der Waals surface area contributed by atoms with Gasteiger partial charge in [-0.25, -0.2) is 8.42 Å². The quantitative estimate of drug-likeness (QED) is 0.176. The van der Waals surface area contributed by atoms with Crippen LogP contribution >= 0.6 is 24.0 Å². The lowest BCUT2D eigenvalue weighted by atomic mass is 10.2. The van der Waals surface area contributed by atoms with Crippen molar-refractivity contribution in [2.24, 2.45) is 4.99 Å². The molecule has 0 amide bonds. The molecule has 10 heteroatoms. The molecule has 2 N–H and O–H groups in total. The van der Waals surface area contributed by atoms with Crippen molar-refractivity contribution in [3.8, 4) is 0 Å². The lowest BCUT2D eigenvalue weighted by molar-refractivity contribution is 0.0168. The van der Waals surface area contributed by atoms with Crippen molar-refractivity contribution in [3.05, 3.63) is 0 Å². The second-order valence-corrected chi connectivity index (χ2v) is 7.99. The predicted molar refractivity (Wildman–Crippen MR) is 110 cm³/mol. The average molecular weight is 493 g/mol. The van der Waals surface area contributed by atoms with Gasteiger partial charge in [0.25, 0.3) is 0 Å². The Bertz CT molecular complexity index is 456. The third kappa shape index (κ3) is 14.7. The molecule has 0 radical (unpaired) electrons. The molecule has 1 saturated heterocycles. The van der Waals surface area contributed by atoms with E-state index >= 15 is 0 Å². The van der Waals surface area contributed by atoms with Crippen molar-refractivity contribution >= 4 is 39.8 Å². The van der Waals surface area contributed by atoms with E-state index in [2.05, 4.69) is 15.6 Å². The summed E-state index contributed by atoms with van der Waals surface area (Å²) in [7, 11) is -1.26. The Morgan fingerprint density at radius 3 is 2.60 bits per heavy atom. The number of rotatable bonds is 12. The minimum Gasteiger partial charge on any atom is -0.379 e. The number of hydrogen-bond donors (Lipinski definition) is 2.